The minimum Gasteiger partial charge on any atom is -0.497 e. The molecule has 0 saturated heterocycles. The van der Waals surface area contributed by atoms with Crippen molar-refractivity contribution < 1.29 is 19.1 Å². The number of ether oxygens (including phenoxy) is 1. The van der Waals surface area contributed by atoms with Crippen LogP contribution in [0.2, 0.25) is 0 Å². The van der Waals surface area contributed by atoms with Gasteiger partial charge in [0.2, 0.25) is 11.7 Å². The number of para-hydroxylation sites is 1. The monoisotopic (exact) mass is 442 g/mol. The van der Waals surface area contributed by atoms with Gasteiger partial charge in [-0.2, -0.15) is 5.26 Å². The molecule has 0 atom stereocenters. The predicted octanol–water partition coefficient (Wildman–Crippen LogP) is 4.27. The van der Waals surface area contributed by atoms with Crippen molar-refractivity contribution in [1.29, 1.82) is 5.26 Å². The highest BCUT2D eigenvalue weighted by Gasteiger charge is 2.28. The summed E-state index contributed by atoms with van der Waals surface area (Å²) in [5.41, 5.74) is 1.28. The second kappa shape index (κ2) is 8.67. The van der Waals surface area contributed by atoms with Gasteiger partial charge in [-0.1, -0.05) is 30.3 Å². The minimum absolute atomic E-state index is 0.0684. The van der Waals surface area contributed by atoms with Crippen molar-refractivity contribution in [1.82, 2.24) is 4.57 Å². The number of benzene rings is 2. The smallest absolute Gasteiger partial charge is 0.271 e. The normalized spacial score (nSPS) is 10.8. The number of aromatic hydroxyl groups is 1. The molecule has 1 N–H and O–H groups in total. The number of nitriles is 1. The molecule has 7 nitrogen and oxygen atoms in total. The van der Waals surface area contributed by atoms with Crippen LogP contribution in [-0.2, 0) is 13.0 Å². The van der Waals surface area contributed by atoms with Gasteiger partial charge in [0, 0.05) is 17.5 Å². The Bertz CT molecular complexity index is 1470. The van der Waals surface area contributed by atoms with Crippen LogP contribution >= 0.6 is 0 Å². The number of aromatic nitrogens is 1. The van der Waals surface area contributed by atoms with Crippen LogP contribution in [0.1, 0.15) is 38.4 Å². The van der Waals surface area contributed by atoms with Crippen LogP contribution in [0.4, 0.5) is 0 Å². The number of furan rings is 1. The second-order valence-electron chi connectivity index (χ2n) is 7.75. The summed E-state index contributed by atoms with van der Waals surface area (Å²) in [7, 11) is 1.57. The fourth-order valence-corrected chi connectivity index (χ4v) is 3.97. The maximum Gasteiger partial charge on any atom is 0.271 e. The van der Waals surface area contributed by atoms with E-state index in [1.165, 1.54) is 6.92 Å². The SMILES string of the molecule is COc1ccc(CCn2c(O)c(C(=O)c3oc4ccccc4c3C)c(C)c(C#N)c2=O)cc1. The van der Waals surface area contributed by atoms with Crippen LogP contribution in [0.5, 0.6) is 11.6 Å². The first-order valence-corrected chi connectivity index (χ1v) is 10.4. The van der Waals surface area contributed by atoms with Crippen molar-refractivity contribution in [3.8, 4) is 17.7 Å². The summed E-state index contributed by atoms with van der Waals surface area (Å²) in [5, 5.41) is 21.4. The molecule has 4 aromatic rings. The van der Waals surface area contributed by atoms with E-state index in [4.69, 9.17) is 9.15 Å². The summed E-state index contributed by atoms with van der Waals surface area (Å²) < 4.78 is 12.0. The zero-order valence-electron chi connectivity index (χ0n) is 18.5. The average molecular weight is 442 g/mol. The number of nitrogens with zero attached hydrogens (tertiary/aromatic N) is 2. The van der Waals surface area contributed by atoms with Gasteiger partial charge >= 0.3 is 0 Å². The van der Waals surface area contributed by atoms with Gasteiger partial charge in [-0.3, -0.25) is 14.2 Å². The molecular weight excluding hydrogens is 420 g/mol. The average Bonchev–Trinajstić information content (AvgIpc) is 3.16. The van der Waals surface area contributed by atoms with Crippen LogP contribution in [0.3, 0.4) is 0 Å². The van der Waals surface area contributed by atoms with Gasteiger partial charge in [0.05, 0.1) is 12.7 Å². The lowest BCUT2D eigenvalue weighted by Gasteiger charge is -2.15. The predicted molar refractivity (Wildman–Crippen MR) is 123 cm³/mol. The molecule has 0 saturated carbocycles. The van der Waals surface area contributed by atoms with Crippen LogP contribution < -0.4 is 10.3 Å². The molecule has 4 rings (SSSR count). The van der Waals surface area contributed by atoms with E-state index in [0.29, 0.717) is 23.3 Å². The van der Waals surface area contributed by atoms with E-state index in [0.717, 1.165) is 15.5 Å². The van der Waals surface area contributed by atoms with E-state index in [9.17, 15) is 20.0 Å². The number of hydrogen-bond donors (Lipinski definition) is 1. The van der Waals surface area contributed by atoms with Crippen molar-refractivity contribution in [2.24, 2.45) is 0 Å². The molecule has 0 amide bonds. The summed E-state index contributed by atoms with van der Waals surface area (Å²) in [5.74, 6) is -0.280. The summed E-state index contributed by atoms with van der Waals surface area (Å²) in [6.45, 7) is 3.33. The number of hydrogen-bond acceptors (Lipinski definition) is 6. The van der Waals surface area contributed by atoms with Crippen molar-refractivity contribution in [2.45, 2.75) is 26.8 Å². The maximum absolute atomic E-state index is 13.5. The quantitative estimate of drug-likeness (QED) is 0.447. The van der Waals surface area contributed by atoms with Crippen LogP contribution in [-0.4, -0.2) is 22.6 Å². The molecule has 0 aliphatic heterocycles. The van der Waals surface area contributed by atoms with Crippen LogP contribution in [0.25, 0.3) is 11.0 Å². The molecule has 2 aromatic carbocycles. The number of methoxy groups -OCH3 is 1. The Morgan fingerprint density at radius 1 is 1.12 bits per heavy atom. The fourth-order valence-electron chi connectivity index (χ4n) is 3.97. The van der Waals surface area contributed by atoms with E-state index in [2.05, 4.69) is 0 Å². The van der Waals surface area contributed by atoms with E-state index < -0.39 is 17.2 Å². The molecule has 2 heterocycles. The number of pyridine rings is 1. The summed E-state index contributed by atoms with van der Waals surface area (Å²) >= 11 is 0. The number of ketones is 1. The lowest BCUT2D eigenvalue weighted by Crippen LogP contribution is -2.27. The molecule has 7 heteroatoms. The van der Waals surface area contributed by atoms with Gasteiger partial charge in [0.15, 0.2) is 5.76 Å². The van der Waals surface area contributed by atoms with Crippen molar-refractivity contribution >= 4 is 16.8 Å². The van der Waals surface area contributed by atoms with E-state index in [1.54, 1.807) is 38.3 Å². The van der Waals surface area contributed by atoms with Crippen molar-refractivity contribution in [2.75, 3.05) is 7.11 Å². The third kappa shape index (κ3) is 3.76. The van der Waals surface area contributed by atoms with Crippen molar-refractivity contribution in [3.05, 3.63) is 92.5 Å². The number of rotatable bonds is 6. The highest BCUT2D eigenvalue weighted by Crippen LogP contribution is 2.31. The Morgan fingerprint density at radius 2 is 1.82 bits per heavy atom. The molecular formula is C26H22N2O5. The van der Waals surface area contributed by atoms with Gasteiger partial charge in [0.25, 0.3) is 5.56 Å². The number of carbonyl (C=O) groups is 1. The molecule has 0 bridgehead atoms. The first-order chi connectivity index (χ1) is 15.9. The largest absolute Gasteiger partial charge is 0.497 e. The zero-order valence-corrected chi connectivity index (χ0v) is 18.5. The summed E-state index contributed by atoms with van der Waals surface area (Å²) in [6, 6.07) is 16.4. The Morgan fingerprint density at radius 3 is 2.45 bits per heavy atom. The van der Waals surface area contributed by atoms with Gasteiger partial charge < -0.3 is 14.3 Å². The number of aryl methyl sites for hydroxylation is 2. The molecule has 33 heavy (non-hydrogen) atoms. The van der Waals surface area contributed by atoms with Gasteiger partial charge in [-0.05, 0) is 49.6 Å². The Labute approximate surface area is 190 Å². The molecule has 0 fully saturated rings. The molecule has 2 aromatic heterocycles. The molecule has 166 valence electrons. The van der Waals surface area contributed by atoms with Crippen LogP contribution in [0, 0.1) is 25.2 Å². The fraction of sp³-hybridized carbons (Fsp3) is 0.192. The molecule has 0 unspecified atom stereocenters. The Kier molecular flexibility index (Phi) is 5.76. The molecule has 0 spiro atoms. The lowest BCUT2D eigenvalue weighted by atomic mass is 9.98. The first kappa shape index (κ1) is 21.9. The van der Waals surface area contributed by atoms with Gasteiger partial charge in [-0.25, -0.2) is 0 Å². The topological polar surface area (TPSA) is 105 Å². The number of carbonyl (C=O) groups excluding carboxylic acids is 1. The molecule has 0 aliphatic rings. The van der Waals surface area contributed by atoms with E-state index in [1.807, 2.05) is 30.3 Å². The molecule has 0 aliphatic carbocycles. The lowest BCUT2D eigenvalue weighted by molar-refractivity contribution is 0.101. The van der Waals surface area contributed by atoms with Gasteiger partial charge in [0.1, 0.15) is 23.0 Å². The third-order valence-corrected chi connectivity index (χ3v) is 5.86. The highest BCUT2D eigenvalue weighted by molar-refractivity contribution is 6.12. The first-order valence-electron chi connectivity index (χ1n) is 10.4. The van der Waals surface area contributed by atoms with E-state index >= 15 is 0 Å². The molecule has 0 radical (unpaired) electrons. The summed E-state index contributed by atoms with van der Waals surface area (Å²) in [6.07, 6.45) is 0.405. The zero-order chi connectivity index (χ0) is 23.7. The Balaban J connectivity index is 1.79. The van der Waals surface area contributed by atoms with Gasteiger partial charge in [-0.15, -0.1) is 0 Å². The summed E-state index contributed by atoms with van der Waals surface area (Å²) in [4.78, 5) is 26.4. The standard InChI is InChI=1S/C26H22N2O5/c1-15-20(14-27)25(30)28(13-12-17-8-10-18(32-3)11-9-17)26(31)22(15)23(29)24-16(2)19-6-4-5-7-21(19)33-24/h4-11,31H,12-13H2,1-3H3. The maximum atomic E-state index is 13.5. The Hall–Kier alpha value is -4.31. The van der Waals surface area contributed by atoms with Crippen LogP contribution in [0.15, 0.2) is 57.7 Å². The van der Waals surface area contributed by atoms with E-state index in [-0.39, 0.29) is 29.0 Å². The third-order valence-electron chi connectivity index (χ3n) is 5.86. The highest BCUT2D eigenvalue weighted by atomic mass is 16.5. The number of fused-ring (bicyclic) bond motifs is 1. The van der Waals surface area contributed by atoms with Crippen molar-refractivity contribution in [3.63, 3.8) is 0 Å². The minimum atomic E-state index is -0.640. The second-order valence-corrected chi connectivity index (χ2v) is 7.75.